The lowest BCUT2D eigenvalue weighted by Gasteiger charge is -2.27. The van der Waals surface area contributed by atoms with Crippen LogP contribution < -0.4 is 5.32 Å². The van der Waals surface area contributed by atoms with Gasteiger partial charge in [-0.1, -0.05) is 69.2 Å². The van der Waals surface area contributed by atoms with E-state index in [0.717, 1.165) is 24.9 Å². The zero-order valence-electron chi connectivity index (χ0n) is 12.9. The van der Waals surface area contributed by atoms with Crippen LogP contribution in [0, 0.1) is 11.7 Å². The Kier molecular flexibility index (Phi) is 5.94. The minimum Gasteiger partial charge on any atom is -0.306 e. The van der Waals surface area contributed by atoms with E-state index in [1.807, 2.05) is 18.2 Å². The standard InChI is InChI=1S/C19H24FN/c1-3-16(4-2)19(17-8-6-5-7-9-17)21-14-15-10-12-18(20)13-11-15/h5-13,16,19,21H,3-4,14H2,1-2H3. The second-order valence-electron chi connectivity index (χ2n) is 5.47. The number of halogens is 1. The molecule has 112 valence electrons. The van der Waals surface area contributed by atoms with E-state index in [9.17, 15) is 4.39 Å². The minimum absolute atomic E-state index is 0.182. The first-order valence-electron chi connectivity index (χ1n) is 7.77. The van der Waals surface area contributed by atoms with E-state index in [1.165, 1.54) is 17.7 Å². The quantitative estimate of drug-likeness (QED) is 0.747. The fourth-order valence-corrected chi connectivity index (χ4v) is 2.81. The molecule has 0 spiro atoms. The summed E-state index contributed by atoms with van der Waals surface area (Å²) in [5.41, 5.74) is 2.44. The Morgan fingerprint density at radius 3 is 2.10 bits per heavy atom. The Morgan fingerprint density at radius 1 is 0.905 bits per heavy atom. The summed E-state index contributed by atoms with van der Waals surface area (Å²) in [7, 11) is 0. The van der Waals surface area contributed by atoms with Crippen molar-refractivity contribution in [3.05, 3.63) is 71.5 Å². The Bertz CT molecular complexity index is 517. The first-order valence-corrected chi connectivity index (χ1v) is 7.77. The SMILES string of the molecule is CCC(CC)C(NCc1ccc(F)cc1)c1ccccc1. The van der Waals surface area contributed by atoms with Gasteiger partial charge in [0.2, 0.25) is 0 Å². The molecular formula is C19H24FN. The third-order valence-corrected chi connectivity index (χ3v) is 4.12. The Labute approximate surface area is 127 Å². The first-order chi connectivity index (χ1) is 10.2. The second kappa shape index (κ2) is 7.94. The van der Waals surface area contributed by atoms with E-state index >= 15 is 0 Å². The summed E-state index contributed by atoms with van der Waals surface area (Å²) < 4.78 is 13.0. The fraction of sp³-hybridized carbons (Fsp3) is 0.368. The van der Waals surface area contributed by atoms with E-state index in [2.05, 4.69) is 43.4 Å². The Balaban J connectivity index is 2.10. The first kappa shape index (κ1) is 15.7. The molecule has 0 radical (unpaired) electrons. The zero-order chi connectivity index (χ0) is 15.1. The summed E-state index contributed by atoms with van der Waals surface area (Å²) in [6.07, 6.45) is 2.29. The molecule has 0 saturated heterocycles. The lowest BCUT2D eigenvalue weighted by atomic mass is 9.88. The van der Waals surface area contributed by atoms with E-state index in [0.29, 0.717) is 12.0 Å². The lowest BCUT2D eigenvalue weighted by Crippen LogP contribution is -2.27. The van der Waals surface area contributed by atoms with Crippen molar-refractivity contribution in [2.75, 3.05) is 0 Å². The normalized spacial score (nSPS) is 12.6. The van der Waals surface area contributed by atoms with Crippen LogP contribution in [0.1, 0.15) is 43.9 Å². The fourth-order valence-electron chi connectivity index (χ4n) is 2.81. The molecule has 2 heteroatoms. The third-order valence-electron chi connectivity index (χ3n) is 4.12. The maximum absolute atomic E-state index is 13.0. The summed E-state index contributed by atoms with van der Waals surface area (Å²) in [4.78, 5) is 0. The molecule has 21 heavy (non-hydrogen) atoms. The number of rotatable bonds is 7. The van der Waals surface area contributed by atoms with Crippen LogP contribution in [0.4, 0.5) is 4.39 Å². The molecule has 0 aliphatic carbocycles. The van der Waals surface area contributed by atoms with Crippen LogP contribution in [0.3, 0.4) is 0 Å². The van der Waals surface area contributed by atoms with Crippen molar-refractivity contribution < 1.29 is 4.39 Å². The average Bonchev–Trinajstić information content (AvgIpc) is 2.54. The highest BCUT2D eigenvalue weighted by molar-refractivity contribution is 5.21. The van der Waals surface area contributed by atoms with Gasteiger partial charge in [-0.3, -0.25) is 0 Å². The molecule has 1 N–H and O–H groups in total. The van der Waals surface area contributed by atoms with Crippen LogP contribution in [-0.4, -0.2) is 0 Å². The van der Waals surface area contributed by atoms with Crippen molar-refractivity contribution in [2.24, 2.45) is 5.92 Å². The molecular weight excluding hydrogens is 261 g/mol. The van der Waals surface area contributed by atoms with Crippen LogP contribution in [0.25, 0.3) is 0 Å². The molecule has 0 heterocycles. The largest absolute Gasteiger partial charge is 0.306 e. The molecule has 1 nitrogen and oxygen atoms in total. The molecule has 0 aliphatic rings. The molecule has 0 amide bonds. The van der Waals surface area contributed by atoms with Crippen molar-refractivity contribution in [2.45, 2.75) is 39.3 Å². The van der Waals surface area contributed by atoms with Gasteiger partial charge in [-0.05, 0) is 29.2 Å². The van der Waals surface area contributed by atoms with Gasteiger partial charge in [-0.25, -0.2) is 4.39 Å². The van der Waals surface area contributed by atoms with Crippen molar-refractivity contribution in [3.63, 3.8) is 0 Å². The van der Waals surface area contributed by atoms with Gasteiger partial charge in [0.1, 0.15) is 5.82 Å². The predicted octanol–water partition coefficient (Wildman–Crippen LogP) is 5.09. The molecule has 0 aliphatic heterocycles. The zero-order valence-corrected chi connectivity index (χ0v) is 12.9. The molecule has 1 atom stereocenters. The maximum Gasteiger partial charge on any atom is 0.123 e. The highest BCUT2D eigenvalue weighted by Crippen LogP contribution is 2.27. The highest BCUT2D eigenvalue weighted by Gasteiger charge is 2.19. The van der Waals surface area contributed by atoms with Gasteiger partial charge >= 0.3 is 0 Å². The minimum atomic E-state index is -0.182. The van der Waals surface area contributed by atoms with Crippen molar-refractivity contribution in [3.8, 4) is 0 Å². The lowest BCUT2D eigenvalue weighted by molar-refractivity contribution is 0.339. The predicted molar refractivity (Wildman–Crippen MR) is 86.5 cm³/mol. The molecule has 2 aromatic carbocycles. The monoisotopic (exact) mass is 285 g/mol. The Hall–Kier alpha value is -1.67. The van der Waals surface area contributed by atoms with Crippen molar-refractivity contribution >= 4 is 0 Å². The van der Waals surface area contributed by atoms with Crippen LogP contribution in [0.2, 0.25) is 0 Å². The molecule has 0 bridgehead atoms. The number of nitrogens with one attached hydrogen (secondary N) is 1. The van der Waals surface area contributed by atoms with Crippen LogP contribution in [0.5, 0.6) is 0 Å². The Morgan fingerprint density at radius 2 is 1.52 bits per heavy atom. The van der Waals surface area contributed by atoms with Gasteiger partial charge in [-0.2, -0.15) is 0 Å². The maximum atomic E-state index is 13.0. The number of hydrogen-bond acceptors (Lipinski definition) is 1. The van der Waals surface area contributed by atoms with E-state index < -0.39 is 0 Å². The summed E-state index contributed by atoms with van der Waals surface area (Å²) >= 11 is 0. The van der Waals surface area contributed by atoms with E-state index in [-0.39, 0.29) is 5.82 Å². The van der Waals surface area contributed by atoms with Gasteiger partial charge in [0.05, 0.1) is 0 Å². The molecule has 2 aromatic rings. The average molecular weight is 285 g/mol. The molecule has 1 unspecified atom stereocenters. The van der Waals surface area contributed by atoms with Crippen molar-refractivity contribution in [1.82, 2.24) is 5.32 Å². The van der Waals surface area contributed by atoms with Crippen LogP contribution in [0.15, 0.2) is 54.6 Å². The molecule has 0 saturated carbocycles. The highest BCUT2D eigenvalue weighted by atomic mass is 19.1. The summed E-state index contributed by atoms with van der Waals surface area (Å²) in [5.74, 6) is 0.422. The van der Waals surface area contributed by atoms with Crippen LogP contribution >= 0.6 is 0 Å². The number of benzene rings is 2. The van der Waals surface area contributed by atoms with Gasteiger partial charge < -0.3 is 5.32 Å². The second-order valence-corrected chi connectivity index (χ2v) is 5.47. The van der Waals surface area contributed by atoms with Gasteiger partial charge in [0.15, 0.2) is 0 Å². The molecule has 0 fully saturated rings. The summed E-state index contributed by atoms with van der Waals surface area (Å²) in [5, 5.41) is 3.65. The van der Waals surface area contributed by atoms with Gasteiger partial charge in [-0.15, -0.1) is 0 Å². The van der Waals surface area contributed by atoms with Gasteiger partial charge in [0, 0.05) is 12.6 Å². The van der Waals surface area contributed by atoms with E-state index in [1.54, 1.807) is 0 Å². The molecule has 2 rings (SSSR count). The third kappa shape index (κ3) is 4.40. The number of hydrogen-bond donors (Lipinski definition) is 1. The van der Waals surface area contributed by atoms with Crippen LogP contribution in [-0.2, 0) is 6.54 Å². The van der Waals surface area contributed by atoms with Crippen molar-refractivity contribution in [1.29, 1.82) is 0 Å². The summed E-state index contributed by atoms with van der Waals surface area (Å²) in [6, 6.07) is 17.7. The summed E-state index contributed by atoms with van der Waals surface area (Å²) in [6.45, 7) is 5.24. The molecule has 0 aromatic heterocycles. The van der Waals surface area contributed by atoms with Gasteiger partial charge in [0.25, 0.3) is 0 Å². The smallest absolute Gasteiger partial charge is 0.123 e. The van der Waals surface area contributed by atoms with E-state index in [4.69, 9.17) is 0 Å². The topological polar surface area (TPSA) is 12.0 Å².